The molecule has 0 saturated heterocycles. The standard InChI is InChI=1S/C14H16F2N2O/c1-14(2,3)9-5-11(15)13(12(16)6-9)19-10-7-17-18(4)8-10/h5-8H,1-4H3. The Labute approximate surface area is 110 Å². The van der Waals surface area contributed by atoms with Crippen molar-refractivity contribution in [2.45, 2.75) is 26.2 Å². The van der Waals surface area contributed by atoms with E-state index in [1.165, 1.54) is 29.2 Å². The summed E-state index contributed by atoms with van der Waals surface area (Å²) in [6, 6.07) is 2.60. The van der Waals surface area contributed by atoms with E-state index in [9.17, 15) is 8.78 Å². The minimum Gasteiger partial charge on any atom is -0.448 e. The third kappa shape index (κ3) is 2.92. The quantitative estimate of drug-likeness (QED) is 0.827. The van der Waals surface area contributed by atoms with Gasteiger partial charge in [-0.25, -0.2) is 8.78 Å². The zero-order chi connectivity index (χ0) is 14.2. The predicted molar refractivity (Wildman–Crippen MR) is 68.3 cm³/mol. The second-order valence-electron chi connectivity index (χ2n) is 5.47. The van der Waals surface area contributed by atoms with Gasteiger partial charge in [-0.05, 0) is 23.1 Å². The third-order valence-electron chi connectivity index (χ3n) is 2.77. The van der Waals surface area contributed by atoms with Gasteiger partial charge in [-0.15, -0.1) is 0 Å². The number of benzene rings is 1. The minimum atomic E-state index is -0.714. The predicted octanol–water partition coefficient (Wildman–Crippen LogP) is 3.79. The van der Waals surface area contributed by atoms with Gasteiger partial charge in [0.25, 0.3) is 0 Å². The summed E-state index contributed by atoms with van der Waals surface area (Å²) in [6.45, 7) is 5.68. The Morgan fingerprint density at radius 3 is 2.16 bits per heavy atom. The Morgan fingerprint density at radius 2 is 1.74 bits per heavy atom. The van der Waals surface area contributed by atoms with Gasteiger partial charge in [0.2, 0.25) is 0 Å². The second kappa shape index (κ2) is 4.64. The number of rotatable bonds is 2. The largest absolute Gasteiger partial charge is 0.448 e. The molecule has 2 rings (SSSR count). The van der Waals surface area contributed by atoms with Crippen LogP contribution in [0.15, 0.2) is 24.5 Å². The highest BCUT2D eigenvalue weighted by molar-refractivity contribution is 5.37. The zero-order valence-corrected chi connectivity index (χ0v) is 11.4. The van der Waals surface area contributed by atoms with Crippen molar-refractivity contribution in [1.82, 2.24) is 9.78 Å². The fourth-order valence-electron chi connectivity index (χ4n) is 1.66. The van der Waals surface area contributed by atoms with Gasteiger partial charge in [-0.2, -0.15) is 5.10 Å². The smallest absolute Gasteiger partial charge is 0.198 e. The van der Waals surface area contributed by atoms with E-state index in [-0.39, 0.29) is 5.41 Å². The molecule has 0 aliphatic rings. The zero-order valence-electron chi connectivity index (χ0n) is 11.4. The first-order valence-electron chi connectivity index (χ1n) is 5.93. The van der Waals surface area contributed by atoms with E-state index >= 15 is 0 Å². The van der Waals surface area contributed by atoms with E-state index in [1.807, 2.05) is 20.8 Å². The van der Waals surface area contributed by atoms with Crippen LogP contribution in [0.25, 0.3) is 0 Å². The SMILES string of the molecule is Cn1cc(Oc2c(F)cc(C(C)(C)C)cc2F)cn1. The summed E-state index contributed by atoms with van der Waals surface area (Å²) in [6.07, 6.45) is 2.94. The lowest BCUT2D eigenvalue weighted by Gasteiger charge is -2.20. The molecule has 0 aliphatic heterocycles. The van der Waals surface area contributed by atoms with Crippen LogP contribution in [0.1, 0.15) is 26.3 Å². The van der Waals surface area contributed by atoms with Crippen LogP contribution in [0, 0.1) is 11.6 Å². The highest BCUT2D eigenvalue weighted by Crippen LogP contribution is 2.32. The number of hydrogen-bond donors (Lipinski definition) is 0. The maximum atomic E-state index is 13.9. The first kappa shape index (κ1) is 13.5. The first-order valence-corrected chi connectivity index (χ1v) is 5.93. The first-order chi connectivity index (χ1) is 8.77. The van der Waals surface area contributed by atoms with Gasteiger partial charge in [-0.3, -0.25) is 4.68 Å². The van der Waals surface area contributed by atoms with Crippen LogP contribution >= 0.6 is 0 Å². The number of ether oxygens (including phenoxy) is 1. The molecule has 2 aromatic rings. The lowest BCUT2D eigenvalue weighted by atomic mass is 9.87. The average molecular weight is 266 g/mol. The van der Waals surface area contributed by atoms with Crippen molar-refractivity contribution in [3.8, 4) is 11.5 Å². The molecule has 5 heteroatoms. The molecule has 0 unspecified atom stereocenters. The van der Waals surface area contributed by atoms with E-state index in [1.54, 1.807) is 7.05 Å². The molecular weight excluding hydrogens is 250 g/mol. The van der Waals surface area contributed by atoms with E-state index in [4.69, 9.17) is 4.74 Å². The van der Waals surface area contributed by atoms with E-state index in [0.717, 1.165) is 0 Å². The molecule has 0 bridgehead atoms. The van der Waals surface area contributed by atoms with Crippen molar-refractivity contribution < 1.29 is 13.5 Å². The van der Waals surface area contributed by atoms with Gasteiger partial charge in [0.15, 0.2) is 23.1 Å². The summed E-state index contributed by atoms with van der Waals surface area (Å²) in [5.74, 6) is -1.53. The normalized spacial score (nSPS) is 11.7. The van der Waals surface area contributed by atoms with Gasteiger partial charge < -0.3 is 4.74 Å². The van der Waals surface area contributed by atoms with Crippen LogP contribution in [0.4, 0.5) is 8.78 Å². The van der Waals surface area contributed by atoms with Gasteiger partial charge in [0.1, 0.15) is 0 Å². The second-order valence-corrected chi connectivity index (χ2v) is 5.47. The van der Waals surface area contributed by atoms with Crippen molar-refractivity contribution in [3.63, 3.8) is 0 Å². The van der Waals surface area contributed by atoms with E-state index in [2.05, 4.69) is 5.10 Å². The third-order valence-corrected chi connectivity index (χ3v) is 2.77. The van der Waals surface area contributed by atoms with E-state index in [0.29, 0.717) is 11.3 Å². The molecule has 1 heterocycles. The Balaban J connectivity index is 2.37. The van der Waals surface area contributed by atoms with Crippen molar-refractivity contribution in [1.29, 1.82) is 0 Å². The van der Waals surface area contributed by atoms with Crippen LogP contribution in [-0.4, -0.2) is 9.78 Å². The Kier molecular flexibility index (Phi) is 3.30. The minimum absolute atomic E-state index is 0.295. The molecule has 0 fully saturated rings. The number of halogens is 2. The Bertz CT molecular complexity index is 577. The average Bonchev–Trinajstić information content (AvgIpc) is 2.68. The summed E-state index contributed by atoms with van der Waals surface area (Å²) in [5, 5.41) is 3.88. The van der Waals surface area contributed by atoms with Crippen LogP contribution in [0.5, 0.6) is 11.5 Å². The molecule has 3 nitrogen and oxygen atoms in total. The van der Waals surface area contributed by atoms with Crippen LogP contribution < -0.4 is 4.74 Å². The molecule has 0 spiro atoms. The van der Waals surface area contributed by atoms with Crippen LogP contribution in [0.3, 0.4) is 0 Å². The Hall–Kier alpha value is -1.91. The summed E-state index contributed by atoms with van der Waals surface area (Å²) >= 11 is 0. The molecule has 0 saturated carbocycles. The van der Waals surface area contributed by atoms with Crippen LogP contribution in [-0.2, 0) is 12.5 Å². The van der Waals surface area contributed by atoms with Gasteiger partial charge >= 0.3 is 0 Å². The molecule has 0 amide bonds. The molecule has 1 aromatic heterocycles. The molecule has 102 valence electrons. The maximum Gasteiger partial charge on any atom is 0.198 e. The summed E-state index contributed by atoms with van der Waals surface area (Å²) in [7, 11) is 1.70. The van der Waals surface area contributed by atoms with Crippen molar-refractivity contribution in [2.24, 2.45) is 7.05 Å². The molecule has 0 atom stereocenters. The monoisotopic (exact) mass is 266 g/mol. The highest BCUT2D eigenvalue weighted by Gasteiger charge is 2.20. The molecule has 1 aromatic carbocycles. The van der Waals surface area contributed by atoms with Crippen molar-refractivity contribution in [2.75, 3.05) is 0 Å². The van der Waals surface area contributed by atoms with Gasteiger partial charge in [0.05, 0.1) is 12.4 Å². The van der Waals surface area contributed by atoms with Gasteiger partial charge in [-0.1, -0.05) is 20.8 Å². The number of hydrogen-bond acceptors (Lipinski definition) is 2. The van der Waals surface area contributed by atoms with Crippen LogP contribution in [0.2, 0.25) is 0 Å². The number of nitrogens with zero attached hydrogens (tertiary/aromatic N) is 2. The van der Waals surface area contributed by atoms with E-state index < -0.39 is 17.4 Å². The highest BCUT2D eigenvalue weighted by atomic mass is 19.1. The topological polar surface area (TPSA) is 27.1 Å². The van der Waals surface area contributed by atoms with Gasteiger partial charge in [0, 0.05) is 7.05 Å². The summed E-state index contributed by atoms with van der Waals surface area (Å²) < 4.78 is 34.6. The number of aromatic nitrogens is 2. The molecule has 0 radical (unpaired) electrons. The molecule has 0 aliphatic carbocycles. The van der Waals surface area contributed by atoms with Crippen molar-refractivity contribution >= 4 is 0 Å². The maximum absolute atomic E-state index is 13.9. The Morgan fingerprint density at radius 1 is 1.16 bits per heavy atom. The van der Waals surface area contributed by atoms with Crippen molar-refractivity contribution in [3.05, 3.63) is 41.7 Å². The summed E-state index contributed by atoms with van der Waals surface area (Å²) in [5.41, 5.74) is 0.259. The molecule has 0 N–H and O–H groups in total. The fraction of sp³-hybridized carbons (Fsp3) is 0.357. The molecular formula is C14H16F2N2O. The summed E-state index contributed by atoms with van der Waals surface area (Å²) in [4.78, 5) is 0. The lowest BCUT2D eigenvalue weighted by molar-refractivity contribution is 0.403. The lowest BCUT2D eigenvalue weighted by Crippen LogP contribution is -2.12. The number of aryl methyl sites for hydroxylation is 1. The fourth-order valence-corrected chi connectivity index (χ4v) is 1.66. The molecule has 19 heavy (non-hydrogen) atoms.